The molecule has 3 aromatic rings. The molecule has 0 unspecified atom stereocenters. The smallest absolute Gasteiger partial charge is 0.228 e. The van der Waals surface area contributed by atoms with Gasteiger partial charge in [-0.15, -0.1) is 0 Å². The van der Waals surface area contributed by atoms with Gasteiger partial charge in [-0.1, -0.05) is 44.0 Å². The number of carbonyl (C=O) groups excluding carboxylic acids is 1. The molecule has 0 bridgehead atoms. The van der Waals surface area contributed by atoms with Gasteiger partial charge in [0.05, 0.1) is 42.1 Å². The first-order valence-corrected chi connectivity index (χ1v) is 13.6. The Bertz CT molecular complexity index is 1320. The van der Waals surface area contributed by atoms with Crippen LogP contribution < -0.4 is 19.5 Å². The van der Waals surface area contributed by atoms with Crippen molar-refractivity contribution < 1.29 is 19.0 Å². The maximum Gasteiger partial charge on any atom is 0.228 e. The van der Waals surface area contributed by atoms with Crippen LogP contribution in [-0.4, -0.2) is 79.2 Å². The van der Waals surface area contributed by atoms with Gasteiger partial charge in [-0.05, 0) is 18.6 Å². The standard InChI is InChI=1S/C28H35Cl2N5O4/c1-28(2,3)27(36)35-10-8-34(9-11-35)7-6-12-39-25-15-21-18(13-24(25)38-5)26(32-17-31-21)33-22-16-23(37-4)20(30)14-19(22)29/h13-17H,6-12H2,1-5H3,(H,31,32,33). The SMILES string of the molecule is COc1cc(Nc2ncnc3cc(OCCCN4CCN(C(=O)C(C)(C)C)CC4)c(OC)cc23)c(Cl)cc1Cl. The first kappa shape index (κ1) is 29.0. The van der Waals surface area contributed by atoms with E-state index in [1.54, 1.807) is 26.4 Å². The number of benzene rings is 2. The molecular weight excluding hydrogens is 541 g/mol. The summed E-state index contributed by atoms with van der Waals surface area (Å²) in [5.74, 6) is 2.46. The Balaban J connectivity index is 1.38. The molecule has 1 amide bonds. The number of fused-ring (bicyclic) bond motifs is 1. The highest BCUT2D eigenvalue weighted by atomic mass is 35.5. The molecule has 1 aliphatic heterocycles. The average molecular weight is 577 g/mol. The third-order valence-corrected chi connectivity index (χ3v) is 7.20. The van der Waals surface area contributed by atoms with Crippen molar-refractivity contribution in [2.45, 2.75) is 27.2 Å². The van der Waals surface area contributed by atoms with Crippen molar-refractivity contribution in [1.29, 1.82) is 0 Å². The molecule has 39 heavy (non-hydrogen) atoms. The second-order valence-electron chi connectivity index (χ2n) is 10.4. The Morgan fingerprint density at radius 3 is 2.33 bits per heavy atom. The van der Waals surface area contributed by atoms with Gasteiger partial charge in [0.25, 0.3) is 0 Å². The molecule has 0 atom stereocenters. The monoisotopic (exact) mass is 575 g/mol. The van der Waals surface area contributed by atoms with E-state index in [1.165, 1.54) is 6.33 Å². The minimum Gasteiger partial charge on any atom is -0.495 e. The zero-order valence-corrected chi connectivity index (χ0v) is 24.5. The molecule has 11 heteroatoms. The summed E-state index contributed by atoms with van der Waals surface area (Å²) in [6, 6.07) is 7.03. The molecule has 1 fully saturated rings. The second kappa shape index (κ2) is 12.4. The Labute approximate surface area is 239 Å². The topological polar surface area (TPSA) is 89.0 Å². The van der Waals surface area contributed by atoms with Crippen LogP contribution in [0.25, 0.3) is 10.9 Å². The minimum atomic E-state index is -0.340. The second-order valence-corrected chi connectivity index (χ2v) is 11.2. The molecule has 1 N–H and O–H groups in total. The van der Waals surface area contributed by atoms with Gasteiger partial charge in [0.1, 0.15) is 17.9 Å². The maximum absolute atomic E-state index is 12.5. The van der Waals surface area contributed by atoms with Crippen LogP contribution in [0.5, 0.6) is 17.2 Å². The summed E-state index contributed by atoms with van der Waals surface area (Å²) in [5, 5.41) is 4.84. The number of anilines is 2. The molecule has 0 saturated carbocycles. The first-order chi connectivity index (χ1) is 18.6. The van der Waals surface area contributed by atoms with Crippen molar-refractivity contribution in [1.82, 2.24) is 19.8 Å². The third-order valence-electron chi connectivity index (χ3n) is 6.59. The predicted octanol–water partition coefficient (Wildman–Crippen LogP) is 5.66. The Kier molecular flexibility index (Phi) is 9.25. The van der Waals surface area contributed by atoms with Gasteiger partial charge >= 0.3 is 0 Å². The molecule has 1 aliphatic rings. The first-order valence-electron chi connectivity index (χ1n) is 12.9. The van der Waals surface area contributed by atoms with E-state index in [2.05, 4.69) is 20.2 Å². The third kappa shape index (κ3) is 6.96. The maximum atomic E-state index is 12.5. The molecule has 1 aromatic heterocycles. The number of aromatic nitrogens is 2. The molecule has 2 aromatic carbocycles. The number of hydrogen-bond acceptors (Lipinski definition) is 8. The van der Waals surface area contributed by atoms with Crippen LogP contribution in [-0.2, 0) is 4.79 Å². The minimum absolute atomic E-state index is 0.215. The molecular formula is C28H35Cl2N5O4. The van der Waals surface area contributed by atoms with E-state index in [1.807, 2.05) is 37.8 Å². The summed E-state index contributed by atoms with van der Waals surface area (Å²) in [7, 11) is 3.14. The quantitative estimate of drug-likeness (QED) is 0.327. The van der Waals surface area contributed by atoms with Crippen LogP contribution in [0.3, 0.4) is 0 Å². The van der Waals surface area contributed by atoms with Gasteiger partial charge in [-0.3, -0.25) is 9.69 Å². The molecule has 0 aliphatic carbocycles. The number of hydrogen-bond donors (Lipinski definition) is 1. The van der Waals surface area contributed by atoms with E-state index in [0.717, 1.165) is 44.5 Å². The van der Waals surface area contributed by atoms with Crippen molar-refractivity contribution in [2.75, 3.05) is 58.9 Å². The zero-order valence-electron chi connectivity index (χ0n) is 23.0. The fourth-order valence-corrected chi connectivity index (χ4v) is 4.97. The van der Waals surface area contributed by atoms with Crippen LogP contribution in [0.2, 0.25) is 10.0 Å². The summed E-state index contributed by atoms with van der Waals surface area (Å²) >= 11 is 12.6. The molecule has 4 rings (SSSR count). The summed E-state index contributed by atoms with van der Waals surface area (Å²) in [6.07, 6.45) is 2.33. The number of rotatable bonds is 9. The van der Waals surface area contributed by atoms with Crippen molar-refractivity contribution in [3.05, 3.63) is 40.6 Å². The average Bonchev–Trinajstić information content (AvgIpc) is 2.91. The van der Waals surface area contributed by atoms with E-state index < -0.39 is 0 Å². The number of piperazine rings is 1. The number of methoxy groups -OCH3 is 2. The number of nitrogens with zero attached hydrogens (tertiary/aromatic N) is 4. The summed E-state index contributed by atoms with van der Waals surface area (Å²) in [4.78, 5) is 25.7. The van der Waals surface area contributed by atoms with Gasteiger partial charge in [-0.25, -0.2) is 9.97 Å². The van der Waals surface area contributed by atoms with Gasteiger partial charge in [0, 0.05) is 55.7 Å². The summed E-state index contributed by atoms with van der Waals surface area (Å²) in [5.41, 5.74) is 0.952. The van der Waals surface area contributed by atoms with Gasteiger partial charge in [0.15, 0.2) is 11.5 Å². The molecule has 210 valence electrons. The lowest BCUT2D eigenvalue weighted by molar-refractivity contribution is -0.141. The van der Waals surface area contributed by atoms with Gasteiger partial charge in [-0.2, -0.15) is 0 Å². The van der Waals surface area contributed by atoms with Crippen molar-refractivity contribution in [3.8, 4) is 17.2 Å². The summed E-state index contributed by atoms with van der Waals surface area (Å²) in [6.45, 7) is 10.6. The highest BCUT2D eigenvalue weighted by Crippen LogP contribution is 2.38. The number of amides is 1. The molecule has 0 radical (unpaired) electrons. The van der Waals surface area contributed by atoms with Crippen LogP contribution in [0.1, 0.15) is 27.2 Å². The highest BCUT2D eigenvalue weighted by Gasteiger charge is 2.29. The van der Waals surface area contributed by atoms with E-state index in [9.17, 15) is 4.79 Å². The lowest BCUT2D eigenvalue weighted by Gasteiger charge is -2.37. The fraction of sp³-hybridized carbons (Fsp3) is 0.464. The fourth-order valence-electron chi connectivity index (χ4n) is 4.46. The molecule has 9 nitrogen and oxygen atoms in total. The zero-order chi connectivity index (χ0) is 28.2. The van der Waals surface area contributed by atoms with Crippen molar-refractivity contribution in [3.63, 3.8) is 0 Å². The van der Waals surface area contributed by atoms with Gasteiger partial charge in [0.2, 0.25) is 5.91 Å². The Hall–Kier alpha value is -3.01. The molecule has 2 heterocycles. The van der Waals surface area contributed by atoms with Crippen molar-refractivity contribution >= 4 is 51.5 Å². The number of carbonyl (C=O) groups is 1. The van der Waals surface area contributed by atoms with Gasteiger partial charge < -0.3 is 24.4 Å². The number of nitrogens with one attached hydrogen (secondary N) is 1. The molecule has 1 saturated heterocycles. The van der Waals surface area contributed by atoms with E-state index >= 15 is 0 Å². The number of halogens is 2. The van der Waals surface area contributed by atoms with E-state index in [-0.39, 0.29) is 11.3 Å². The Morgan fingerprint density at radius 1 is 0.949 bits per heavy atom. The largest absolute Gasteiger partial charge is 0.495 e. The summed E-state index contributed by atoms with van der Waals surface area (Å²) < 4.78 is 17.0. The normalized spacial score (nSPS) is 14.4. The molecule has 0 spiro atoms. The highest BCUT2D eigenvalue weighted by molar-refractivity contribution is 6.37. The van der Waals surface area contributed by atoms with E-state index in [0.29, 0.717) is 50.9 Å². The van der Waals surface area contributed by atoms with Crippen LogP contribution in [0.15, 0.2) is 30.6 Å². The lowest BCUT2D eigenvalue weighted by Crippen LogP contribution is -2.51. The van der Waals surface area contributed by atoms with Crippen molar-refractivity contribution in [2.24, 2.45) is 5.41 Å². The van der Waals surface area contributed by atoms with Crippen LogP contribution in [0.4, 0.5) is 11.5 Å². The van der Waals surface area contributed by atoms with Crippen LogP contribution in [0, 0.1) is 5.41 Å². The predicted molar refractivity (Wildman–Crippen MR) is 155 cm³/mol. The Morgan fingerprint density at radius 2 is 1.67 bits per heavy atom. The van der Waals surface area contributed by atoms with Crippen LogP contribution >= 0.6 is 23.2 Å². The number of ether oxygens (including phenoxy) is 3. The van der Waals surface area contributed by atoms with E-state index in [4.69, 9.17) is 37.4 Å². The lowest BCUT2D eigenvalue weighted by atomic mass is 9.94.